The Morgan fingerprint density at radius 1 is 1.50 bits per heavy atom. The van der Waals surface area contributed by atoms with Gasteiger partial charge < -0.3 is 19.9 Å². The number of ether oxygens (including phenoxy) is 1. The molecule has 0 aromatic carbocycles. The Bertz CT molecular complexity index is 591. The van der Waals surface area contributed by atoms with Crippen molar-refractivity contribution in [2.45, 2.75) is 19.5 Å². The van der Waals surface area contributed by atoms with Gasteiger partial charge in [-0.05, 0) is 19.1 Å². The standard InChI is InChI=1S/C14H18ClN5O2/c1-11(9-20-7-5-16-10-20)19-14(21)18-6-8-22-13-12(15)3-2-4-17-13/h2-5,7,10-11H,6,8-9H2,1H3,(H2,18,19,21). The van der Waals surface area contributed by atoms with Crippen LogP contribution < -0.4 is 15.4 Å². The van der Waals surface area contributed by atoms with Crippen molar-refractivity contribution in [3.8, 4) is 5.88 Å². The monoisotopic (exact) mass is 323 g/mol. The molecule has 22 heavy (non-hydrogen) atoms. The number of carbonyl (C=O) groups excluding carboxylic acids is 1. The molecule has 2 aromatic heterocycles. The molecular weight excluding hydrogens is 306 g/mol. The smallest absolute Gasteiger partial charge is 0.315 e. The minimum Gasteiger partial charge on any atom is -0.475 e. The number of hydrogen-bond acceptors (Lipinski definition) is 4. The van der Waals surface area contributed by atoms with Crippen molar-refractivity contribution >= 4 is 17.6 Å². The van der Waals surface area contributed by atoms with Crippen LogP contribution in [0.4, 0.5) is 4.79 Å². The van der Waals surface area contributed by atoms with Crippen molar-refractivity contribution in [2.75, 3.05) is 13.2 Å². The lowest BCUT2D eigenvalue weighted by molar-refractivity contribution is 0.231. The van der Waals surface area contributed by atoms with Crippen LogP contribution in [0.2, 0.25) is 5.02 Å². The topological polar surface area (TPSA) is 81.1 Å². The molecule has 1 unspecified atom stereocenters. The molecule has 0 aliphatic carbocycles. The number of pyridine rings is 1. The van der Waals surface area contributed by atoms with Crippen molar-refractivity contribution in [3.63, 3.8) is 0 Å². The maximum absolute atomic E-state index is 11.7. The average molecular weight is 324 g/mol. The van der Waals surface area contributed by atoms with Gasteiger partial charge in [-0.1, -0.05) is 11.6 Å². The predicted octanol–water partition coefficient (Wildman–Crippen LogP) is 1.70. The van der Waals surface area contributed by atoms with E-state index in [0.717, 1.165) is 0 Å². The van der Waals surface area contributed by atoms with E-state index in [-0.39, 0.29) is 12.1 Å². The maximum Gasteiger partial charge on any atom is 0.315 e. The number of halogens is 1. The van der Waals surface area contributed by atoms with Gasteiger partial charge in [-0.25, -0.2) is 14.8 Å². The third-order valence-electron chi connectivity index (χ3n) is 2.77. The van der Waals surface area contributed by atoms with Crippen molar-refractivity contribution < 1.29 is 9.53 Å². The van der Waals surface area contributed by atoms with E-state index in [1.165, 1.54) is 0 Å². The number of nitrogens with zero attached hydrogens (tertiary/aromatic N) is 3. The Kier molecular flexibility index (Phi) is 6.02. The van der Waals surface area contributed by atoms with Gasteiger partial charge in [0.1, 0.15) is 11.6 Å². The molecule has 118 valence electrons. The summed E-state index contributed by atoms with van der Waals surface area (Å²) in [4.78, 5) is 19.7. The molecule has 2 aromatic rings. The summed E-state index contributed by atoms with van der Waals surface area (Å²) in [6.45, 7) is 3.23. The minimum atomic E-state index is -0.247. The second-order valence-electron chi connectivity index (χ2n) is 4.70. The van der Waals surface area contributed by atoms with Gasteiger partial charge in [0.05, 0.1) is 12.9 Å². The van der Waals surface area contributed by atoms with Crippen LogP contribution in [0.25, 0.3) is 0 Å². The molecule has 8 heteroatoms. The second kappa shape index (κ2) is 8.23. The van der Waals surface area contributed by atoms with E-state index in [4.69, 9.17) is 16.3 Å². The SMILES string of the molecule is CC(Cn1ccnc1)NC(=O)NCCOc1ncccc1Cl. The highest BCUT2D eigenvalue weighted by Gasteiger charge is 2.07. The van der Waals surface area contributed by atoms with E-state index >= 15 is 0 Å². The number of hydrogen-bond donors (Lipinski definition) is 2. The number of nitrogens with one attached hydrogen (secondary N) is 2. The molecule has 0 saturated carbocycles. The Labute approximate surface area is 133 Å². The lowest BCUT2D eigenvalue weighted by Crippen LogP contribution is -2.43. The van der Waals surface area contributed by atoms with Crippen LogP contribution in [0.3, 0.4) is 0 Å². The molecule has 2 amide bonds. The molecule has 2 heterocycles. The van der Waals surface area contributed by atoms with E-state index in [1.807, 2.05) is 17.7 Å². The van der Waals surface area contributed by atoms with Gasteiger partial charge in [0.2, 0.25) is 5.88 Å². The van der Waals surface area contributed by atoms with Crippen molar-refractivity contribution in [3.05, 3.63) is 42.1 Å². The minimum absolute atomic E-state index is 0.0136. The molecule has 0 fully saturated rings. The van der Waals surface area contributed by atoms with Gasteiger partial charge in [-0.15, -0.1) is 0 Å². The van der Waals surface area contributed by atoms with Crippen LogP contribution in [-0.2, 0) is 6.54 Å². The first-order valence-corrected chi connectivity index (χ1v) is 7.26. The quantitative estimate of drug-likeness (QED) is 0.760. The fraction of sp³-hybridized carbons (Fsp3) is 0.357. The molecule has 0 saturated heterocycles. The highest BCUT2D eigenvalue weighted by Crippen LogP contribution is 2.19. The van der Waals surface area contributed by atoms with Crippen LogP contribution in [0.15, 0.2) is 37.1 Å². The molecule has 0 bridgehead atoms. The summed E-state index contributed by atoms with van der Waals surface area (Å²) in [6, 6.07) is 3.16. The first-order chi connectivity index (χ1) is 10.6. The van der Waals surface area contributed by atoms with Crippen molar-refractivity contribution in [1.82, 2.24) is 25.2 Å². The van der Waals surface area contributed by atoms with Crippen LogP contribution in [0.5, 0.6) is 5.88 Å². The second-order valence-corrected chi connectivity index (χ2v) is 5.11. The van der Waals surface area contributed by atoms with Gasteiger partial charge in [-0.3, -0.25) is 0 Å². The summed E-state index contributed by atoms with van der Waals surface area (Å²) in [5.74, 6) is 0.361. The lowest BCUT2D eigenvalue weighted by Gasteiger charge is -2.15. The number of amides is 2. The van der Waals surface area contributed by atoms with E-state index in [0.29, 0.717) is 30.6 Å². The zero-order valence-electron chi connectivity index (χ0n) is 12.2. The average Bonchev–Trinajstić information content (AvgIpc) is 2.98. The molecule has 1 atom stereocenters. The zero-order chi connectivity index (χ0) is 15.8. The summed E-state index contributed by atoms with van der Waals surface area (Å²) < 4.78 is 7.28. The molecule has 2 rings (SSSR count). The Balaban J connectivity index is 1.62. The normalized spacial score (nSPS) is 11.7. The first-order valence-electron chi connectivity index (χ1n) is 6.88. The van der Waals surface area contributed by atoms with Crippen molar-refractivity contribution in [1.29, 1.82) is 0 Å². The zero-order valence-corrected chi connectivity index (χ0v) is 13.0. The van der Waals surface area contributed by atoms with Gasteiger partial charge in [-0.2, -0.15) is 0 Å². The van der Waals surface area contributed by atoms with Gasteiger partial charge >= 0.3 is 6.03 Å². The Morgan fingerprint density at radius 3 is 3.09 bits per heavy atom. The summed E-state index contributed by atoms with van der Waals surface area (Å²) in [5, 5.41) is 5.99. The van der Waals surface area contributed by atoms with Crippen LogP contribution >= 0.6 is 11.6 Å². The van der Waals surface area contributed by atoms with Crippen LogP contribution in [0, 0.1) is 0 Å². The third kappa shape index (κ3) is 5.25. The van der Waals surface area contributed by atoms with E-state index in [1.54, 1.807) is 30.9 Å². The van der Waals surface area contributed by atoms with Gasteiger partial charge in [0, 0.05) is 31.2 Å². The molecule has 0 spiro atoms. The van der Waals surface area contributed by atoms with E-state index in [2.05, 4.69) is 20.6 Å². The molecule has 7 nitrogen and oxygen atoms in total. The highest BCUT2D eigenvalue weighted by molar-refractivity contribution is 6.31. The summed E-state index contributed by atoms with van der Waals surface area (Å²) >= 11 is 5.91. The Hall–Kier alpha value is -2.28. The Morgan fingerprint density at radius 2 is 2.36 bits per heavy atom. The molecular formula is C14H18ClN5O2. The van der Waals surface area contributed by atoms with E-state index < -0.39 is 0 Å². The van der Waals surface area contributed by atoms with E-state index in [9.17, 15) is 4.79 Å². The summed E-state index contributed by atoms with van der Waals surface area (Å²) in [5.41, 5.74) is 0. The number of aromatic nitrogens is 3. The molecule has 0 aliphatic heterocycles. The van der Waals surface area contributed by atoms with Crippen LogP contribution in [-0.4, -0.2) is 39.8 Å². The number of imidazole rings is 1. The lowest BCUT2D eigenvalue weighted by atomic mass is 10.3. The third-order valence-corrected chi connectivity index (χ3v) is 3.06. The summed E-state index contributed by atoms with van der Waals surface area (Å²) in [6.07, 6.45) is 6.85. The molecule has 0 radical (unpaired) electrons. The van der Waals surface area contributed by atoms with Crippen molar-refractivity contribution in [2.24, 2.45) is 0 Å². The summed E-state index contributed by atoms with van der Waals surface area (Å²) in [7, 11) is 0. The number of rotatable bonds is 7. The highest BCUT2D eigenvalue weighted by atomic mass is 35.5. The van der Waals surface area contributed by atoms with Gasteiger partial charge in [0.15, 0.2) is 0 Å². The number of urea groups is 1. The van der Waals surface area contributed by atoms with Crippen LogP contribution in [0.1, 0.15) is 6.92 Å². The molecule has 0 aliphatic rings. The van der Waals surface area contributed by atoms with Gasteiger partial charge in [0.25, 0.3) is 0 Å². The maximum atomic E-state index is 11.7. The fourth-order valence-electron chi connectivity index (χ4n) is 1.82. The predicted molar refractivity (Wildman–Crippen MR) is 83.0 cm³/mol. The number of carbonyl (C=O) groups is 1. The fourth-order valence-corrected chi connectivity index (χ4v) is 2.00. The largest absolute Gasteiger partial charge is 0.475 e. The first kappa shape index (κ1) is 16.1. The molecule has 2 N–H and O–H groups in total.